The van der Waals surface area contributed by atoms with E-state index in [1.807, 2.05) is 6.07 Å². The van der Waals surface area contributed by atoms with Crippen molar-refractivity contribution in [2.75, 3.05) is 31.1 Å². The Morgan fingerprint density at radius 2 is 1.76 bits per heavy atom. The third-order valence-electron chi connectivity index (χ3n) is 4.94. The third kappa shape index (κ3) is 3.42. The van der Waals surface area contributed by atoms with Crippen molar-refractivity contribution in [1.82, 2.24) is 4.90 Å². The molecule has 0 N–H and O–H groups in total. The van der Waals surface area contributed by atoms with Gasteiger partial charge in [-0.2, -0.15) is 0 Å². The SMILES string of the molecule is Fc1cccc(N2CCC(N3CCCCC3)CC2)c1CBr. The molecule has 2 aliphatic rings. The van der Waals surface area contributed by atoms with Gasteiger partial charge in [0.15, 0.2) is 0 Å². The minimum atomic E-state index is -0.0949. The zero-order valence-corrected chi connectivity index (χ0v) is 14.1. The van der Waals surface area contributed by atoms with Gasteiger partial charge in [-0.1, -0.05) is 28.4 Å². The highest BCUT2D eigenvalue weighted by atomic mass is 79.9. The molecule has 2 aliphatic heterocycles. The molecule has 0 saturated carbocycles. The third-order valence-corrected chi connectivity index (χ3v) is 5.50. The largest absolute Gasteiger partial charge is 0.371 e. The number of rotatable bonds is 3. The van der Waals surface area contributed by atoms with Crippen LogP contribution in [0.5, 0.6) is 0 Å². The number of halogens is 2. The molecule has 1 aromatic rings. The summed E-state index contributed by atoms with van der Waals surface area (Å²) < 4.78 is 13.9. The smallest absolute Gasteiger partial charge is 0.129 e. The molecule has 0 aliphatic carbocycles. The maximum atomic E-state index is 13.9. The van der Waals surface area contributed by atoms with E-state index in [4.69, 9.17) is 0 Å². The van der Waals surface area contributed by atoms with E-state index in [1.165, 1.54) is 45.2 Å². The van der Waals surface area contributed by atoms with Crippen LogP contribution in [0.2, 0.25) is 0 Å². The summed E-state index contributed by atoms with van der Waals surface area (Å²) in [5.74, 6) is -0.0949. The molecule has 0 atom stereocenters. The Morgan fingerprint density at radius 1 is 1.05 bits per heavy atom. The van der Waals surface area contributed by atoms with Crippen LogP contribution < -0.4 is 4.90 Å². The molecule has 2 heterocycles. The summed E-state index contributed by atoms with van der Waals surface area (Å²) in [6.45, 7) is 4.64. The van der Waals surface area contributed by atoms with Crippen LogP contribution in [0, 0.1) is 5.82 Å². The van der Waals surface area contributed by atoms with Crippen LogP contribution in [0.25, 0.3) is 0 Å². The Labute approximate surface area is 135 Å². The van der Waals surface area contributed by atoms with Gasteiger partial charge in [-0.15, -0.1) is 0 Å². The van der Waals surface area contributed by atoms with Crippen LogP contribution in [-0.2, 0) is 5.33 Å². The first-order valence-electron chi connectivity index (χ1n) is 8.12. The predicted octanol–water partition coefficient (Wildman–Crippen LogP) is 4.18. The lowest BCUT2D eigenvalue weighted by molar-refractivity contribution is 0.141. The molecule has 0 aromatic heterocycles. The zero-order chi connectivity index (χ0) is 14.7. The number of hydrogen-bond acceptors (Lipinski definition) is 2. The standard InChI is InChI=1S/C17H24BrFN2/c18-13-15-16(19)5-4-6-17(15)21-11-7-14(8-12-21)20-9-2-1-3-10-20/h4-6,14H,1-3,7-13H2. The number of hydrogen-bond donors (Lipinski definition) is 0. The molecule has 116 valence electrons. The highest BCUT2D eigenvalue weighted by Crippen LogP contribution is 2.29. The van der Waals surface area contributed by atoms with Gasteiger partial charge in [0.2, 0.25) is 0 Å². The highest BCUT2D eigenvalue weighted by molar-refractivity contribution is 9.08. The Hall–Kier alpha value is -0.610. The molecule has 3 rings (SSSR count). The molecule has 2 fully saturated rings. The molecule has 2 nitrogen and oxygen atoms in total. The number of piperidine rings is 2. The molecule has 2 saturated heterocycles. The fourth-order valence-corrected chi connectivity index (χ4v) is 4.29. The number of anilines is 1. The van der Waals surface area contributed by atoms with Crippen molar-refractivity contribution in [3.8, 4) is 0 Å². The lowest BCUT2D eigenvalue weighted by Crippen LogP contribution is -2.47. The first-order valence-corrected chi connectivity index (χ1v) is 9.24. The van der Waals surface area contributed by atoms with Crippen molar-refractivity contribution in [2.45, 2.75) is 43.5 Å². The van der Waals surface area contributed by atoms with Crippen molar-refractivity contribution in [3.63, 3.8) is 0 Å². The minimum Gasteiger partial charge on any atom is -0.371 e. The van der Waals surface area contributed by atoms with Gasteiger partial charge in [-0.3, -0.25) is 0 Å². The van der Waals surface area contributed by atoms with Gasteiger partial charge >= 0.3 is 0 Å². The molecule has 4 heteroatoms. The molecule has 0 unspecified atom stereocenters. The fourth-order valence-electron chi connectivity index (χ4n) is 3.73. The van der Waals surface area contributed by atoms with Gasteiger partial charge in [0.25, 0.3) is 0 Å². The van der Waals surface area contributed by atoms with Gasteiger partial charge in [-0.25, -0.2) is 4.39 Å². The molecule has 21 heavy (non-hydrogen) atoms. The Bertz CT molecular complexity index is 466. The summed E-state index contributed by atoms with van der Waals surface area (Å²) >= 11 is 3.43. The average molecular weight is 355 g/mol. The van der Waals surface area contributed by atoms with Gasteiger partial charge in [0, 0.05) is 35.7 Å². The molecule has 0 radical (unpaired) electrons. The Morgan fingerprint density at radius 3 is 2.43 bits per heavy atom. The van der Waals surface area contributed by atoms with E-state index in [0.29, 0.717) is 5.33 Å². The van der Waals surface area contributed by atoms with Crippen molar-refractivity contribution in [2.24, 2.45) is 0 Å². The van der Waals surface area contributed by atoms with Crippen LogP contribution >= 0.6 is 15.9 Å². The van der Waals surface area contributed by atoms with Gasteiger partial charge < -0.3 is 9.80 Å². The van der Waals surface area contributed by atoms with E-state index in [9.17, 15) is 4.39 Å². The van der Waals surface area contributed by atoms with Crippen molar-refractivity contribution < 1.29 is 4.39 Å². The molecule has 1 aromatic carbocycles. The van der Waals surface area contributed by atoms with Crippen LogP contribution in [0.15, 0.2) is 18.2 Å². The van der Waals surface area contributed by atoms with Gasteiger partial charge in [0.1, 0.15) is 5.82 Å². The van der Waals surface area contributed by atoms with Gasteiger partial charge in [0.05, 0.1) is 0 Å². The van der Waals surface area contributed by atoms with Crippen molar-refractivity contribution in [1.29, 1.82) is 0 Å². The molecular weight excluding hydrogens is 331 g/mol. The quantitative estimate of drug-likeness (QED) is 0.751. The molecular formula is C17H24BrFN2. The summed E-state index contributed by atoms with van der Waals surface area (Å²) in [5, 5.41) is 0.584. The second kappa shape index (κ2) is 7.10. The van der Waals surface area contributed by atoms with E-state index in [2.05, 4.69) is 31.8 Å². The minimum absolute atomic E-state index is 0.0949. The van der Waals surface area contributed by atoms with Crippen molar-refractivity contribution >= 4 is 21.6 Å². The highest BCUT2D eigenvalue weighted by Gasteiger charge is 2.26. The zero-order valence-electron chi connectivity index (χ0n) is 12.5. The van der Waals surface area contributed by atoms with Crippen LogP contribution in [0.1, 0.15) is 37.7 Å². The van der Waals surface area contributed by atoms with E-state index in [0.717, 1.165) is 30.4 Å². The summed E-state index contributed by atoms with van der Waals surface area (Å²) in [4.78, 5) is 5.04. The number of benzene rings is 1. The number of alkyl halides is 1. The van der Waals surface area contributed by atoms with Gasteiger partial charge in [-0.05, 0) is 50.9 Å². The fraction of sp³-hybridized carbons (Fsp3) is 0.647. The van der Waals surface area contributed by atoms with E-state index < -0.39 is 0 Å². The van der Waals surface area contributed by atoms with E-state index in [1.54, 1.807) is 6.07 Å². The second-order valence-corrected chi connectivity index (χ2v) is 6.75. The molecule has 0 bridgehead atoms. The lowest BCUT2D eigenvalue weighted by atomic mass is 9.99. The topological polar surface area (TPSA) is 6.48 Å². The predicted molar refractivity (Wildman–Crippen MR) is 89.7 cm³/mol. The Kier molecular flexibility index (Phi) is 5.17. The second-order valence-electron chi connectivity index (χ2n) is 6.19. The number of likely N-dealkylation sites (tertiary alicyclic amines) is 1. The van der Waals surface area contributed by atoms with E-state index in [-0.39, 0.29) is 5.82 Å². The molecule has 0 spiro atoms. The average Bonchev–Trinajstić information content (AvgIpc) is 2.55. The normalized spacial score (nSPS) is 21.7. The monoisotopic (exact) mass is 354 g/mol. The maximum absolute atomic E-state index is 13.9. The summed E-state index contributed by atoms with van der Waals surface area (Å²) in [6, 6.07) is 6.18. The number of nitrogens with zero attached hydrogens (tertiary/aromatic N) is 2. The summed E-state index contributed by atoms with van der Waals surface area (Å²) in [6.07, 6.45) is 6.53. The van der Waals surface area contributed by atoms with Crippen LogP contribution in [0.4, 0.5) is 10.1 Å². The van der Waals surface area contributed by atoms with E-state index >= 15 is 0 Å². The first-order chi connectivity index (χ1) is 10.3. The first kappa shape index (κ1) is 15.3. The Balaban J connectivity index is 1.64. The van der Waals surface area contributed by atoms with Crippen LogP contribution in [0.3, 0.4) is 0 Å². The molecule has 0 amide bonds. The summed E-state index contributed by atoms with van der Waals surface area (Å²) in [7, 11) is 0. The van der Waals surface area contributed by atoms with Crippen LogP contribution in [-0.4, -0.2) is 37.1 Å². The summed E-state index contributed by atoms with van der Waals surface area (Å²) in [5.41, 5.74) is 1.87. The maximum Gasteiger partial charge on any atom is 0.129 e. The lowest BCUT2D eigenvalue weighted by Gasteiger charge is -2.41. The van der Waals surface area contributed by atoms with Crippen molar-refractivity contribution in [3.05, 3.63) is 29.6 Å².